The monoisotopic (exact) mass is 440 g/mol. The van der Waals surface area contributed by atoms with Crippen LogP contribution in [0.15, 0.2) is 24.4 Å². The van der Waals surface area contributed by atoms with Gasteiger partial charge >= 0.3 is 0 Å². The van der Waals surface area contributed by atoms with E-state index in [0.717, 1.165) is 24.4 Å². The summed E-state index contributed by atoms with van der Waals surface area (Å²) in [5.41, 5.74) is 3.12. The third-order valence-corrected chi connectivity index (χ3v) is 5.65. The lowest BCUT2D eigenvalue weighted by atomic mass is 10.1. The molecule has 0 saturated carbocycles. The second kappa shape index (κ2) is 8.44. The summed E-state index contributed by atoms with van der Waals surface area (Å²) in [5.74, 6) is 0.400. The molecule has 0 atom stereocenters. The summed E-state index contributed by atoms with van der Waals surface area (Å²) in [5, 5.41) is 3.11. The van der Waals surface area contributed by atoms with E-state index < -0.39 is 0 Å². The minimum Gasteiger partial charge on any atom is -0.480 e. The highest BCUT2D eigenvalue weighted by molar-refractivity contribution is 6.36. The van der Waals surface area contributed by atoms with Gasteiger partial charge in [-0.25, -0.2) is 9.97 Å². The van der Waals surface area contributed by atoms with Gasteiger partial charge in [-0.15, -0.1) is 0 Å². The number of anilines is 1. The second-order valence-electron chi connectivity index (χ2n) is 7.27. The number of hydrogen-bond acceptors (Lipinski definition) is 7. The number of benzene rings is 1. The van der Waals surface area contributed by atoms with Crippen molar-refractivity contribution >= 4 is 29.5 Å². The number of hydrogen-bond donors (Lipinski definition) is 1. The van der Waals surface area contributed by atoms with Crippen LogP contribution in [0.25, 0.3) is 11.4 Å². The maximum atomic E-state index is 13.0. The molecule has 0 radical (unpaired) electrons. The van der Waals surface area contributed by atoms with Crippen LogP contribution in [0, 0.1) is 0 Å². The highest BCUT2D eigenvalue weighted by atomic mass is 35.5. The summed E-state index contributed by atoms with van der Waals surface area (Å²) in [6, 6.07) is 5.15. The van der Waals surface area contributed by atoms with Gasteiger partial charge in [-0.2, -0.15) is 4.98 Å². The Kier molecular flexibility index (Phi) is 5.71. The molecule has 9 nitrogen and oxygen atoms in total. The molecular weight excluding hydrogens is 420 g/mol. The largest absolute Gasteiger partial charge is 0.480 e. The third kappa shape index (κ3) is 3.89. The van der Waals surface area contributed by atoms with Crippen LogP contribution in [0.2, 0.25) is 5.02 Å². The van der Waals surface area contributed by atoms with Gasteiger partial charge in [0.1, 0.15) is 0 Å². The first-order valence-electron chi connectivity index (χ1n) is 9.62. The molecule has 0 fully saturated rings. The molecule has 31 heavy (non-hydrogen) atoms. The Morgan fingerprint density at radius 3 is 2.84 bits per heavy atom. The number of aromatic nitrogens is 4. The standard InChI is InChI=1S/C21H21ClN6O3/c1-27-8-7-16-15(10-27)24-19(28(16)2)20(30)25-14-6-4-5-13(17(14)22)18-23-9-12(11-29)21(26-18)31-3/h4-6,9,11H,7-8,10H2,1-3H3,(H,25,30). The van der Waals surface area contributed by atoms with Crippen LogP contribution in [0.4, 0.5) is 5.69 Å². The molecule has 10 heteroatoms. The SMILES string of the molecule is COc1nc(-c2cccc(NC(=O)c3nc4c(n3C)CCN(C)C4)c2Cl)ncc1C=O. The topological polar surface area (TPSA) is 102 Å². The van der Waals surface area contributed by atoms with Crippen molar-refractivity contribution in [1.29, 1.82) is 0 Å². The number of methoxy groups -OCH3 is 1. The van der Waals surface area contributed by atoms with Crippen molar-refractivity contribution in [2.24, 2.45) is 7.05 Å². The van der Waals surface area contributed by atoms with Crippen molar-refractivity contribution in [3.8, 4) is 17.3 Å². The average Bonchev–Trinajstić information content (AvgIpc) is 3.10. The van der Waals surface area contributed by atoms with E-state index in [1.807, 2.05) is 18.7 Å². The Labute approximate surface area is 184 Å². The van der Waals surface area contributed by atoms with Crippen LogP contribution in [0.1, 0.15) is 32.4 Å². The maximum absolute atomic E-state index is 13.0. The molecule has 0 bridgehead atoms. The van der Waals surface area contributed by atoms with Gasteiger partial charge < -0.3 is 19.5 Å². The maximum Gasteiger partial charge on any atom is 0.291 e. The van der Waals surface area contributed by atoms with Gasteiger partial charge in [-0.1, -0.05) is 17.7 Å². The number of aldehydes is 1. The molecule has 3 aromatic rings. The molecular formula is C21H21ClN6O3. The average molecular weight is 441 g/mol. The van der Waals surface area contributed by atoms with Crippen molar-refractivity contribution in [1.82, 2.24) is 24.4 Å². The van der Waals surface area contributed by atoms with Crippen LogP contribution in [-0.4, -0.2) is 57.3 Å². The number of nitrogens with one attached hydrogen (secondary N) is 1. The number of fused-ring (bicyclic) bond motifs is 1. The molecule has 4 rings (SSSR count). The van der Waals surface area contributed by atoms with E-state index in [9.17, 15) is 9.59 Å². The van der Waals surface area contributed by atoms with Crippen molar-refractivity contribution in [3.05, 3.63) is 52.2 Å². The first-order valence-corrected chi connectivity index (χ1v) is 10.00. The van der Waals surface area contributed by atoms with Gasteiger partial charge in [-0.3, -0.25) is 9.59 Å². The van der Waals surface area contributed by atoms with E-state index in [1.54, 1.807) is 18.2 Å². The fourth-order valence-electron chi connectivity index (χ4n) is 3.59. The molecule has 0 aliphatic carbocycles. The normalized spacial score (nSPS) is 13.5. The molecule has 1 aromatic carbocycles. The van der Waals surface area contributed by atoms with E-state index in [2.05, 4.69) is 25.2 Å². The van der Waals surface area contributed by atoms with Crippen molar-refractivity contribution in [2.75, 3.05) is 26.0 Å². The number of imidazole rings is 1. The number of carbonyl (C=O) groups excluding carboxylic acids is 2. The first-order chi connectivity index (χ1) is 14.9. The Morgan fingerprint density at radius 2 is 2.10 bits per heavy atom. The van der Waals surface area contributed by atoms with Gasteiger partial charge in [0, 0.05) is 44.0 Å². The number of likely N-dealkylation sites (N-methyl/N-ethyl adjacent to an activating group) is 1. The van der Waals surface area contributed by atoms with Crippen LogP contribution >= 0.6 is 11.6 Å². The lowest BCUT2D eigenvalue weighted by Crippen LogP contribution is -2.27. The van der Waals surface area contributed by atoms with E-state index >= 15 is 0 Å². The Balaban J connectivity index is 1.64. The van der Waals surface area contributed by atoms with Crippen LogP contribution in [0.5, 0.6) is 5.88 Å². The molecule has 3 heterocycles. The van der Waals surface area contributed by atoms with Gasteiger partial charge in [0.2, 0.25) is 5.88 Å². The number of amides is 1. The smallest absolute Gasteiger partial charge is 0.291 e. The van der Waals surface area contributed by atoms with Crippen molar-refractivity contribution in [3.63, 3.8) is 0 Å². The zero-order chi connectivity index (χ0) is 22.1. The summed E-state index contributed by atoms with van der Waals surface area (Å²) in [6.07, 6.45) is 2.82. The van der Waals surface area contributed by atoms with Crippen LogP contribution in [0.3, 0.4) is 0 Å². The fourth-order valence-corrected chi connectivity index (χ4v) is 3.85. The first kappa shape index (κ1) is 21.0. The highest BCUT2D eigenvalue weighted by Crippen LogP contribution is 2.33. The van der Waals surface area contributed by atoms with Crippen LogP contribution < -0.4 is 10.1 Å². The predicted molar refractivity (Wildman–Crippen MR) is 116 cm³/mol. The third-order valence-electron chi connectivity index (χ3n) is 5.24. The minimum atomic E-state index is -0.353. The van der Waals surface area contributed by atoms with Crippen molar-refractivity contribution in [2.45, 2.75) is 13.0 Å². The summed E-state index contributed by atoms with van der Waals surface area (Å²) < 4.78 is 6.98. The summed E-state index contributed by atoms with van der Waals surface area (Å²) >= 11 is 6.57. The summed E-state index contributed by atoms with van der Waals surface area (Å²) in [7, 11) is 5.29. The molecule has 0 saturated heterocycles. The van der Waals surface area contributed by atoms with Gasteiger partial charge in [0.25, 0.3) is 5.91 Å². The Hall–Kier alpha value is -3.30. The molecule has 0 unspecified atom stereocenters. The van der Waals surface area contributed by atoms with Crippen molar-refractivity contribution < 1.29 is 14.3 Å². The highest BCUT2D eigenvalue weighted by Gasteiger charge is 2.24. The zero-order valence-electron chi connectivity index (χ0n) is 17.3. The van der Waals surface area contributed by atoms with E-state index in [4.69, 9.17) is 16.3 Å². The summed E-state index contributed by atoms with van der Waals surface area (Å²) in [4.78, 5) is 39.2. The Bertz CT molecular complexity index is 1180. The molecule has 0 spiro atoms. The number of halogens is 1. The van der Waals surface area contributed by atoms with Crippen LogP contribution in [-0.2, 0) is 20.0 Å². The number of ether oxygens (including phenoxy) is 1. The van der Waals surface area contributed by atoms with Gasteiger partial charge in [0.15, 0.2) is 17.9 Å². The predicted octanol–water partition coefficient (Wildman–Crippen LogP) is 2.59. The molecule has 1 aliphatic rings. The van der Waals surface area contributed by atoms with E-state index in [-0.39, 0.29) is 28.2 Å². The van der Waals surface area contributed by atoms with Gasteiger partial charge in [0.05, 0.1) is 29.1 Å². The Morgan fingerprint density at radius 1 is 1.29 bits per heavy atom. The number of rotatable bonds is 5. The number of nitrogens with zero attached hydrogens (tertiary/aromatic N) is 5. The number of carbonyl (C=O) groups is 2. The lowest BCUT2D eigenvalue weighted by Gasteiger charge is -2.21. The lowest BCUT2D eigenvalue weighted by molar-refractivity contribution is 0.101. The molecule has 1 N–H and O–H groups in total. The second-order valence-corrected chi connectivity index (χ2v) is 7.65. The van der Waals surface area contributed by atoms with E-state index in [0.29, 0.717) is 29.9 Å². The summed E-state index contributed by atoms with van der Waals surface area (Å²) in [6.45, 7) is 1.64. The quantitative estimate of drug-likeness (QED) is 0.608. The van der Waals surface area contributed by atoms with Gasteiger partial charge in [-0.05, 0) is 19.2 Å². The molecule has 1 aliphatic heterocycles. The molecule has 2 aromatic heterocycles. The molecule has 160 valence electrons. The zero-order valence-corrected chi connectivity index (χ0v) is 18.1. The fraction of sp³-hybridized carbons (Fsp3) is 0.286. The molecule has 1 amide bonds. The minimum absolute atomic E-state index is 0.147. The van der Waals surface area contributed by atoms with E-state index in [1.165, 1.54) is 13.3 Å².